The molecule has 144 valence electrons. The van der Waals surface area contributed by atoms with E-state index in [4.69, 9.17) is 23.7 Å². The second-order valence-electron chi connectivity index (χ2n) is 5.19. The van der Waals surface area contributed by atoms with E-state index in [2.05, 4.69) is 10.5 Å². The zero-order valence-corrected chi connectivity index (χ0v) is 15.9. The molecule has 27 heavy (non-hydrogen) atoms. The molecule has 2 aromatic carbocycles. The Bertz CT molecular complexity index is 788. The molecule has 0 aliphatic rings. The van der Waals surface area contributed by atoms with Crippen LogP contribution in [-0.2, 0) is 0 Å². The summed E-state index contributed by atoms with van der Waals surface area (Å²) in [6.07, 6.45) is 1.45. The van der Waals surface area contributed by atoms with Crippen molar-refractivity contribution in [3.05, 3.63) is 41.5 Å². The third kappa shape index (κ3) is 4.41. The van der Waals surface area contributed by atoms with Crippen LogP contribution in [0.5, 0.6) is 28.7 Å². The highest BCUT2D eigenvalue weighted by Gasteiger charge is 2.17. The van der Waals surface area contributed by atoms with Gasteiger partial charge in [-0.15, -0.1) is 0 Å². The Balaban J connectivity index is 2.25. The molecule has 0 aliphatic heterocycles. The molecule has 0 aliphatic carbocycles. The number of nitrogens with one attached hydrogen (secondary N) is 1. The van der Waals surface area contributed by atoms with Gasteiger partial charge in [0.15, 0.2) is 11.5 Å². The predicted molar refractivity (Wildman–Crippen MR) is 101 cm³/mol. The molecule has 0 unspecified atom stereocenters. The van der Waals surface area contributed by atoms with Crippen LogP contribution >= 0.6 is 0 Å². The molecule has 0 fully saturated rings. The van der Waals surface area contributed by atoms with Crippen LogP contribution in [-0.4, -0.2) is 47.7 Å². The monoisotopic (exact) mass is 374 g/mol. The largest absolute Gasteiger partial charge is 0.496 e. The molecule has 2 aromatic rings. The minimum absolute atomic E-state index is 0.300. The molecule has 8 heteroatoms. The lowest BCUT2D eigenvalue weighted by Gasteiger charge is -2.13. The van der Waals surface area contributed by atoms with E-state index >= 15 is 0 Å². The minimum Gasteiger partial charge on any atom is -0.496 e. The van der Waals surface area contributed by atoms with E-state index in [9.17, 15) is 4.79 Å². The molecule has 0 heterocycles. The second-order valence-corrected chi connectivity index (χ2v) is 5.19. The second kappa shape index (κ2) is 9.33. The van der Waals surface area contributed by atoms with Crippen LogP contribution in [0.4, 0.5) is 0 Å². The average molecular weight is 374 g/mol. The number of benzene rings is 2. The fraction of sp³-hybridized carbons (Fsp3) is 0.263. The minimum atomic E-state index is -0.445. The number of methoxy groups -OCH3 is 5. The lowest BCUT2D eigenvalue weighted by Crippen LogP contribution is -2.18. The quantitative estimate of drug-likeness (QED) is 0.564. The predicted octanol–water partition coefficient (Wildman–Crippen LogP) is 2.49. The molecular weight excluding hydrogens is 352 g/mol. The number of nitrogens with zero attached hydrogens (tertiary/aromatic N) is 1. The number of hydrazone groups is 1. The molecule has 0 spiro atoms. The Labute approximate surface area is 157 Å². The number of ether oxygens (including phenoxy) is 5. The van der Waals surface area contributed by atoms with Crippen molar-refractivity contribution in [2.45, 2.75) is 0 Å². The Morgan fingerprint density at radius 3 is 1.81 bits per heavy atom. The molecule has 1 N–H and O–H groups in total. The third-order valence-corrected chi connectivity index (χ3v) is 3.75. The fourth-order valence-electron chi connectivity index (χ4n) is 2.44. The van der Waals surface area contributed by atoms with Gasteiger partial charge in [0.25, 0.3) is 5.91 Å². The highest BCUT2D eigenvalue weighted by molar-refractivity contribution is 5.96. The summed E-state index contributed by atoms with van der Waals surface area (Å²) in [4.78, 5) is 12.4. The number of carbonyl (C=O) groups excluding carboxylic acids is 1. The molecule has 8 nitrogen and oxygen atoms in total. The molecular formula is C19H22N2O6. The molecule has 0 atom stereocenters. The van der Waals surface area contributed by atoms with Gasteiger partial charge in [0.1, 0.15) is 11.5 Å². The van der Waals surface area contributed by atoms with Crippen molar-refractivity contribution < 1.29 is 28.5 Å². The van der Waals surface area contributed by atoms with Gasteiger partial charge in [-0.1, -0.05) is 6.07 Å². The van der Waals surface area contributed by atoms with Crippen molar-refractivity contribution >= 4 is 12.1 Å². The van der Waals surface area contributed by atoms with Gasteiger partial charge < -0.3 is 23.7 Å². The van der Waals surface area contributed by atoms with Gasteiger partial charge in [-0.2, -0.15) is 5.10 Å². The standard InChI is InChI=1S/C19H22N2O6/c1-23-14-7-6-8-15(24-2)13(14)11-20-21-19(22)12-9-16(25-3)18(27-5)17(10-12)26-4/h6-11H,1-5H3,(H,21,22)/b20-11+. The van der Waals surface area contributed by atoms with Crippen molar-refractivity contribution in [3.8, 4) is 28.7 Å². The van der Waals surface area contributed by atoms with Gasteiger partial charge in [0.2, 0.25) is 5.75 Å². The number of rotatable bonds is 8. The molecule has 0 bridgehead atoms. The van der Waals surface area contributed by atoms with E-state index in [1.165, 1.54) is 39.7 Å². The first-order chi connectivity index (χ1) is 13.1. The molecule has 2 rings (SSSR count). The van der Waals surface area contributed by atoms with Crippen molar-refractivity contribution in [2.24, 2.45) is 5.10 Å². The first kappa shape index (κ1) is 19.9. The maximum atomic E-state index is 12.4. The summed E-state index contributed by atoms with van der Waals surface area (Å²) in [5, 5.41) is 3.99. The Kier molecular flexibility index (Phi) is 6.87. The first-order valence-electron chi connectivity index (χ1n) is 7.94. The normalized spacial score (nSPS) is 10.4. The maximum absolute atomic E-state index is 12.4. The van der Waals surface area contributed by atoms with Gasteiger partial charge in [-0.3, -0.25) is 4.79 Å². The molecule has 0 saturated carbocycles. The van der Waals surface area contributed by atoms with Crippen LogP contribution in [0.3, 0.4) is 0 Å². The van der Waals surface area contributed by atoms with Crippen LogP contribution in [0.2, 0.25) is 0 Å². The molecule has 1 amide bonds. The van der Waals surface area contributed by atoms with Crippen LogP contribution in [0.15, 0.2) is 35.4 Å². The van der Waals surface area contributed by atoms with Gasteiger partial charge in [-0.05, 0) is 24.3 Å². The highest BCUT2D eigenvalue weighted by atomic mass is 16.5. The zero-order chi connectivity index (χ0) is 19.8. The number of hydrogen-bond donors (Lipinski definition) is 1. The SMILES string of the molecule is COc1cccc(OC)c1/C=N/NC(=O)c1cc(OC)c(OC)c(OC)c1. The van der Waals surface area contributed by atoms with Crippen molar-refractivity contribution in [1.82, 2.24) is 5.43 Å². The zero-order valence-electron chi connectivity index (χ0n) is 15.9. The van der Waals surface area contributed by atoms with Crippen LogP contribution in [0.1, 0.15) is 15.9 Å². The number of hydrogen-bond acceptors (Lipinski definition) is 7. The van der Waals surface area contributed by atoms with Crippen molar-refractivity contribution in [2.75, 3.05) is 35.5 Å². The summed E-state index contributed by atoms with van der Waals surface area (Å²) >= 11 is 0. The lowest BCUT2D eigenvalue weighted by molar-refractivity contribution is 0.0954. The van der Waals surface area contributed by atoms with Crippen molar-refractivity contribution in [1.29, 1.82) is 0 Å². The van der Waals surface area contributed by atoms with Gasteiger partial charge >= 0.3 is 0 Å². The van der Waals surface area contributed by atoms with Crippen molar-refractivity contribution in [3.63, 3.8) is 0 Å². The first-order valence-corrected chi connectivity index (χ1v) is 7.94. The number of carbonyl (C=O) groups is 1. The average Bonchev–Trinajstić information content (AvgIpc) is 2.72. The molecule has 0 saturated heterocycles. The summed E-state index contributed by atoms with van der Waals surface area (Å²) in [6, 6.07) is 8.41. The van der Waals surface area contributed by atoms with E-state index < -0.39 is 5.91 Å². The Hall–Kier alpha value is -3.42. The van der Waals surface area contributed by atoms with Crippen LogP contribution in [0.25, 0.3) is 0 Å². The van der Waals surface area contributed by atoms with Gasteiger partial charge in [0.05, 0.1) is 47.3 Å². The Morgan fingerprint density at radius 1 is 0.852 bits per heavy atom. The summed E-state index contributed by atoms with van der Waals surface area (Å²) in [7, 11) is 7.53. The third-order valence-electron chi connectivity index (χ3n) is 3.75. The lowest BCUT2D eigenvalue weighted by atomic mass is 10.1. The molecule has 0 aromatic heterocycles. The van der Waals surface area contributed by atoms with Gasteiger partial charge in [0, 0.05) is 5.56 Å². The summed E-state index contributed by atoms with van der Waals surface area (Å²) in [5.74, 6) is 1.84. The summed E-state index contributed by atoms with van der Waals surface area (Å²) in [6.45, 7) is 0. The molecule has 0 radical (unpaired) electrons. The number of amides is 1. The van der Waals surface area contributed by atoms with E-state index in [0.29, 0.717) is 39.9 Å². The van der Waals surface area contributed by atoms with E-state index in [1.807, 2.05) is 0 Å². The summed E-state index contributed by atoms with van der Waals surface area (Å²) in [5.41, 5.74) is 3.36. The van der Waals surface area contributed by atoms with Crippen LogP contribution < -0.4 is 29.1 Å². The maximum Gasteiger partial charge on any atom is 0.271 e. The van der Waals surface area contributed by atoms with Gasteiger partial charge in [-0.25, -0.2) is 5.43 Å². The van der Waals surface area contributed by atoms with Crippen LogP contribution in [0, 0.1) is 0 Å². The van der Waals surface area contributed by atoms with E-state index in [0.717, 1.165) is 0 Å². The highest BCUT2D eigenvalue weighted by Crippen LogP contribution is 2.38. The summed E-state index contributed by atoms with van der Waals surface area (Å²) < 4.78 is 26.3. The Morgan fingerprint density at radius 2 is 1.37 bits per heavy atom. The smallest absolute Gasteiger partial charge is 0.271 e. The van der Waals surface area contributed by atoms with E-state index in [-0.39, 0.29) is 0 Å². The topological polar surface area (TPSA) is 87.6 Å². The van der Waals surface area contributed by atoms with E-state index in [1.54, 1.807) is 32.4 Å². The fourth-order valence-corrected chi connectivity index (χ4v) is 2.44.